The summed E-state index contributed by atoms with van der Waals surface area (Å²) in [6.07, 6.45) is -1.08. The first-order chi connectivity index (χ1) is 7.13. The molecule has 0 aliphatic carbocycles. The van der Waals surface area contributed by atoms with Crippen LogP contribution in [-0.4, -0.2) is 29.5 Å². The molecule has 0 saturated carbocycles. The van der Waals surface area contributed by atoms with Crippen LogP contribution in [-0.2, 0) is 0 Å². The monoisotopic (exact) mass is 236 g/mol. The van der Waals surface area contributed by atoms with Crippen molar-refractivity contribution in [1.29, 1.82) is 0 Å². The highest BCUT2D eigenvalue weighted by atomic mass is 35.5. The highest BCUT2D eigenvalue weighted by molar-refractivity contribution is 6.32. The van der Waals surface area contributed by atoms with Gasteiger partial charge in [-0.05, 0) is 6.92 Å². The van der Waals surface area contributed by atoms with Crippen LogP contribution in [0.3, 0.4) is 0 Å². The predicted molar refractivity (Wildman–Crippen MR) is 55.7 cm³/mol. The van der Waals surface area contributed by atoms with Gasteiger partial charge >= 0.3 is 0 Å². The average molecular weight is 237 g/mol. The minimum Gasteiger partial charge on any atom is -0.363 e. The highest BCUT2D eigenvalue weighted by Crippen LogP contribution is 2.19. The van der Waals surface area contributed by atoms with Crippen LogP contribution in [0.4, 0.5) is 20.5 Å². The number of nitrogens with one attached hydrogen (secondary N) is 2. The van der Waals surface area contributed by atoms with Crippen molar-refractivity contribution in [3.05, 3.63) is 11.2 Å². The van der Waals surface area contributed by atoms with Gasteiger partial charge in [0.2, 0.25) is 5.95 Å². The molecule has 4 nitrogen and oxygen atoms in total. The van der Waals surface area contributed by atoms with Crippen molar-refractivity contribution in [2.45, 2.75) is 13.3 Å². The Balaban J connectivity index is 2.71. The van der Waals surface area contributed by atoms with Crippen molar-refractivity contribution in [3.8, 4) is 0 Å². The Morgan fingerprint density at radius 3 is 2.80 bits per heavy atom. The third-order valence-corrected chi connectivity index (χ3v) is 1.78. The Labute approximate surface area is 91.1 Å². The van der Waals surface area contributed by atoms with Crippen LogP contribution in [0.1, 0.15) is 6.92 Å². The van der Waals surface area contributed by atoms with Crippen molar-refractivity contribution in [2.75, 3.05) is 23.7 Å². The molecule has 0 aliphatic rings. The largest absolute Gasteiger partial charge is 0.363 e. The molecule has 0 fully saturated rings. The van der Waals surface area contributed by atoms with Crippen LogP contribution in [0.2, 0.25) is 5.02 Å². The lowest BCUT2D eigenvalue weighted by Crippen LogP contribution is -2.13. The summed E-state index contributed by atoms with van der Waals surface area (Å²) in [6, 6.07) is 0. The molecule has 1 heterocycles. The number of alkyl halides is 2. The van der Waals surface area contributed by atoms with E-state index in [4.69, 9.17) is 11.6 Å². The zero-order chi connectivity index (χ0) is 11.3. The van der Waals surface area contributed by atoms with Gasteiger partial charge in [-0.1, -0.05) is 11.6 Å². The average Bonchev–Trinajstić information content (AvgIpc) is 2.19. The van der Waals surface area contributed by atoms with E-state index in [9.17, 15) is 8.78 Å². The summed E-state index contributed by atoms with van der Waals surface area (Å²) in [5.41, 5.74) is 0. The minimum absolute atomic E-state index is 0.211. The molecule has 0 spiro atoms. The lowest BCUT2D eigenvalue weighted by atomic mass is 10.5. The van der Waals surface area contributed by atoms with Gasteiger partial charge in [0.05, 0.1) is 12.7 Å². The molecule has 0 amide bonds. The second kappa shape index (κ2) is 5.65. The van der Waals surface area contributed by atoms with Crippen LogP contribution in [0.15, 0.2) is 6.20 Å². The van der Waals surface area contributed by atoms with Crippen molar-refractivity contribution in [2.24, 2.45) is 0 Å². The Kier molecular flexibility index (Phi) is 4.48. The van der Waals surface area contributed by atoms with Gasteiger partial charge in [0, 0.05) is 6.54 Å². The van der Waals surface area contributed by atoms with E-state index in [1.54, 1.807) is 0 Å². The van der Waals surface area contributed by atoms with Gasteiger partial charge in [-0.2, -0.15) is 4.98 Å². The van der Waals surface area contributed by atoms with Crippen LogP contribution in [0, 0.1) is 0 Å². The van der Waals surface area contributed by atoms with Crippen LogP contribution in [0.5, 0.6) is 0 Å². The Bertz CT molecular complexity index is 322. The fourth-order valence-corrected chi connectivity index (χ4v) is 1.07. The molecular weight excluding hydrogens is 226 g/mol. The molecule has 0 aliphatic heterocycles. The highest BCUT2D eigenvalue weighted by Gasteiger charge is 2.07. The fourth-order valence-electron chi connectivity index (χ4n) is 0.908. The predicted octanol–water partition coefficient (Wildman–Crippen LogP) is 2.24. The zero-order valence-corrected chi connectivity index (χ0v) is 8.85. The van der Waals surface area contributed by atoms with Gasteiger partial charge in [0.15, 0.2) is 5.82 Å². The normalized spacial score (nSPS) is 10.5. The summed E-state index contributed by atoms with van der Waals surface area (Å²) < 4.78 is 23.9. The fraction of sp³-hybridized carbons (Fsp3) is 0.500. The van der Waals surface area contributed by atoms with Crippen molar-refractivity contribution in [1.82, 2.24) is 9.97 Å². The van der Waals surface area contributed by atoms with E-state index >= 15 is 0 Å². The first kappa shape index (κ1) is 11.9. The number of aromatic nitrogens is 2. The summed E-state index contributed by atoms with van der Waals surface area (Å²) in [4.78, 5) is 7.81. The first-order valence-corrected chi connectivity index (χ1v) is 4.79. The molecule has 0 radical (unpaired) electrons. The van der Waals surface area contributed by atoms with Gasteiger partial charge in [-0.15, -0.1) is 0 Å². The molecule has 2 N–H and O–H groups in total. The van der Waals surface area contributed by atoms with E-state index in [0.717, 1.165) is 0 Å². The van der Waals surface area contributed by atoms with Gasteiger partial charge < -0.3 is 10.6 Å². The Morgan fingerprint density at radius 1 is 1.47 bits per heavy atom. The van der Waals surface area contributed by atoms with Crippen molar-refractivity contribution in [3.63, 3.8) is 0 Å². The number of hydrogen-bond acceptors (Lipinski definition) is 4. The number of halogens is 3. The number of hydrogen-bond donors (Lipinski definition) is 2. The molecule has 0 unspecified atom stereocenters. The van der Waals surface area contributed by atoms with Crippen LogP contribution < -0.4 is 10.6 Å². The number of rotatable bonds is 5. The Hall–Kier alpha value is -1.17. The SMILES string of the molecule is CCNc1ncc(Cl)c(NCC(F)F)n1. The topological polar surface area (TPSA) is 49.8 Å². The van der Waals surface area contributed by atoms with E-state index in [2.05, 4.69) is 20.6 Å². The molecule has 7 heteroatoms. The van der Waals surface area contributed by atoms with E-state index in [0.29, 0.717) is 12.5 Å². The number of anilines is 2. The maximum Gasteiger partial charge on any atom is 0.255 e. The zero-order valence-electron chi connectivity index (χ0n) is 8.10. The van der Waals surface area contributed by atoms with Crippen molar-refractivity contribution >= 4 is 23.4 Å². The molecule has 84 valence electrons. The van der Waals surface area contributed by atoms with Gasteiger partial charge in [0.1, 0.15) is 5.02 Å². The van der Waals surface area contributed by atoms with E-state index in [1.807, 2.05) is 6.92 Å². The quantitative estimate of drug-likeness (QED) is 0.823. The maximum atomic E-state index is 11.9. The lowest BCUT2D eigenvalue weighted by Gasteiger charge is -2.08. The number of nitrogens with zero attached hydrogens (tertiary/aromatic N) is 2. The molecular formula is C8H11ClF2N4. The summed E-state index contributed by atoms with van der Waals surface area (Å²) in [5, 5.41) is 5.51. The summed E-state index contributed by atoms with van der Waals surface area (Å²) in [5.74, 6) is 0.571. The molecule has 1 aromatic heterocycles. The molecule has 0 saturated heterocycles. The molecule has 0 bridgehead atoms. The third-order valence-electron chi connectivity index (χ3n) is 1.50. The lowest BCUT2D eigenvalue weighted by molar-refractivity contribution is 0.163. The summed E-state index contributed by atoms with van der Waals surface area (Å²) in [6.45, 7) is 2.04. The molecule has 15 heavy (non-hydrogen) atoms. The smallest absolute Gasteiger partial charge is 0.255 e. The van der Waals surface area contributed by atoms with Crippen molar-refractivity contribution < 1.29 is 8.78 Å². The molecule has 1 rings (SSSR count). The molecule has 0 aromatic carbocycles. The molecule has 1 aromatic rings. The Morgan fingerprint density at radius 2 is 2.20 bits per heavy atom. The van der Waals surface area contributed by atoms with E-state index in [1.165, 1.54) is 6.20 Å². The maximum absolute atomic E-state index is 11.9. The third kappa shape index (κ3) is 3.83. The van der Waals surface area contributed by atoms with Gasteiger partial charge in [-0.3, -0.25) is 0 Å². The standard InChI is InChI=1S/C8H11ClF2N4/c1-2-12-8-14-3-5(9)7(15-8)13-4-6(10)11/h3,6H,2,4H2,1H3,(H2,12,13,14,15). The summed E-state index contributed by atoms with van der Waals surface area (Å²) >= 11 is 5.72. The molecule has 0 atom stereocenters. The van der Waals surface area contributed by atoms with E-state index < -0.39 is 13.0 Å². The van der Waals surface area contributed by atoms with Crippen LogP contribution >= 0.6 is 11.6 Å². The van der Waals surface area contributed by atoms with Gasteiger partial charge in [0.25, 0.3) is 6.43 Å². The second-order valence-electron chi connectivity index (χ2n) is 2.69. The van der Waals surface area contributed by atoms with E-state index in [-0.39, 0.29) is 10.8 Å². The minimum atomic E-state index is -2.45. The van der Waals surface area contributed by atoms with Crippen LogP contribution in [0.25, 0.3) is 0 Å². The first-order valence-electron chi connectivity index (χ1n) is 4.42. The van der Waals surface area contributed by atoms with Gasteiger partial charge in [-0.25, -0.2) is 13.8 Å². The second-order valence-corrected chi connectivity index (χ2v) is 3.10. The summed E-state index contributed by atoms with van der Waals surface area (Å²) in [7, 11) is 0.